The van der Waals surface area contributed by atoms with Crippen LogP contribution in [0.15, 0.2) is 64.7 Å². The Kier molecular flexibility index (Phi) is 6.82. The van der Waals surface area contributed by atoms with E-state index >= 15 is 0 Å². The van der Waals surface area contributed by atoms with Crippen LogP contribution in [-0.4, -0.2) is 35.2 Å². The summed E-state index contributed by atoms with van der Waals surface area (Å²) in [7, 11) is -3.83. The fourth-order valence-corrected chi connectivity index (χ4v) is 3.87. The number of alkyl halides is 3. The maximum absolute atomic E-state index is 12.7. The smallest absolute Gasteiger partial charge is 0.290 e. The van der Waals surface area contributed by atoms with Gasteiger partial charge in [-0.15, -0.1) is 0 Å². The number of benzene rings is 1. The van der Waals surface area contributed by atoms with Crippen molar-refractivity contribution in [1.82, 2.24) is 15.4 Å². The Morgan fingerprint density at radius 2 is 1.78 bits per heavy atom. The number of nitrogens with zero attached hydrogens (tertiary/aromatic N) is 3. The first-order valence-corrected chi connectivity index (χ1v) is 11.1. The molecule has 0 aliphatic rings. The Morgan fingerprint density at radius 3 is 2.31 bits per heavy atom. The van der Waals surface area contributed by atoms with Crippen LogP contribution in [-0.2, 0) is 16.0 Å². The molecule has 0 aliphatic carbocycles. The highest BCUT2D eigenvalue weighted by molar-refractivity contribution is 7.91. The lowest BCUT2D eigenvalue weighted by atomic mass is 10.1. The normalized spacial score (nSPS) is 12.6. The van der Waals surface area contributed by atoms with Crippen molar-refractivity contribution in [3.8, 4) is 11.1 Å². The minimum Gasteiger partial charge on any atom is -0.290 e. The van der Waals surface area contributed by atoms with E-state index in [0.29, 0.717) is 22.3 Å². The Labute approximate surface area is 186 Å². The van der Waals surface area contributed by atoms with Gasteiger partial charge in [-0.3, -0.25) is 15.7 Å². The molecular formula is C20H16ClF3N4O3S. The second-order valence-electron chi connectivity index (χ2n) is 6.46. The van der Waals surface area contributed by atoms with Crippen molar-refractivity contribution in [3.63, 3.8) is 0 Å². The van der Waals surface area contributed by atoms with E-state index < -0.39 is 27.4 Å². The number of hydrogen-bond acceptors (Lipinski definition) is 6. The molecule has 0 unspecified atom stereocenters. The molecule has 3 rings (SSSR count). The van der Waals surface area contributed by atoms with Gasteiger partial charge in [0.2, 0.25) is 0 Å². The van der Waals surface area contributed by atoms with Crippen molar-refractivity contribution in [2.45, 2.75) is 18.0 Å². The predicted octanol–water partition coefficient (Wildman–Crippen LogP) is 4.67. The minimum atomic E-state index is -4.57. The first-order valence-electron chi connectivity index (χ1n) is 9.06. The number of aromatic nitrogens is 2. The highest BCUT2D eigenvalue weighted by Crippen LogP contribution is 2.30. The van der Waals surface area contributed by atoms with E-state index in [1.807, 2.05) is 0 Å². The molecule has 0 aliphatic heterocycles. The van der Waals surface area contributed by atoms with Crippen molar-refractivity contribution in [2.75, 3.05) is 5.75 Å². The predicted molar refractivity (Wildman–Crippen MR) is 113 cm³/mol. The van der Waals surface area contributed by atoms with Crippen LogP contribution in [0.2, 0.25) is 5.02 Å². The number of pyridine rings is 2. The third-order valence-corrected chi connectivity index (χ3v) is 6.37. The topological polar surface area (TPSA) is 105 Å². The van der Waals surface area contributed by atoms with Crippen LogP contribution < -0.4 is 5.48 Å². The maximum atomic E-state index is 12.7. The number of halogens is 4. The van der Waals surface area contributed by atoms with Crippen LogP contribution in [0.4, 0.5) is 19.0 Å². The van der Waals surface area contributed by atoms with Gasteiger partial charge in [0, 0.05) is 23.0 Å². The first kappa shape index (κ1) is 23.6. The molecule has 32 heavy (non-hydrogen) atoms. The van der Waals surface area contributed by atoms with Gasteiger partial charge in [-0.05, 0) is 35.9 Å². The monoisotopic (exact) mass is 484 g/mol. The van der Waals surface area contributed by atoms with Crippen LogP contribution in [0.3, 0.4) is 0 Å². The molecule has 0 radical (unpaired) electrons. The fraction of sp³-hybridized carbons (Fsp3) is 0.150. The number of hydroxylamine groups is 1. The van der Waals surface area contributed by atoms with Crippen molar-refractivity contribution < 1.29 is 26.8 Å². The van der Waals surface area contributed by atoms with Gasteiger partial charge in [-0.25, -0.2) is 18.4 Å². The van der Waals surface area contributed by atoms with E-state index in [0.717, 1.165) is 12.1 Å². The summed E-state index contributed by atoms with van der Waals surface area (Å²) in [5, 5.41) is 10.1. The standard InChI is InChI=1S/C20H16ClF3N4O3S/c1-2-32(30,31)16-9-13(12-3-6-15(21)7-4-12)10-26-18(16)19(28-29)27-17-8-5-14(11-25-17)20(22,23)24/h3-11,29H,2H2,1H3,(H,25,27,28). The van der Waals surface area contributed by atoms with Gasteiger partial charge in [0.25, 0.3) is 0 Å². The molecule has 7 nitrogen and oxygen atoms in total. The molecule has 0 bridgehead atoms. The minimum absolute atomic E-state index is 0.196. The molecule has 0 saturated carbocycles. The summed E-state index contributed by atoms with van der Waals surface area (Å²) in [5.74, 6) is -0.854. The average Bonchev–Trinajstić information content (AvgIpc) is 2.77. The van der Waals surface area contributed by atoms with Crippen molar-refractivity contribution in [1.29, 1.82) is 0 Å². The van der Waals surface area contributed by atoms with E-state index in [1.54, 1.807) is 29.7 Å². The summed E-state index contributed by atoms with van der Waals surface area (Å²) < 4.78 is 63.6. The van der Waals surface area contributed by atoms with Gasteiger partial charge in [0.05, 0.1) is 16.2 Å². The molecule has 2 N–H and O–H groups in total. The number of nitrogens with one attached hydrogen (secondary N) is 1. The van der Waals surface area contributed by atoms with E-state index in [4.69, 9.17) is 11.6 Å². The van der Waals surface area contributed by atoms with E-state index in [9.17, 15) is 26.8 Å². The lowest BCUT2D eigenvalue weighted by Crippen LogP contribution is -2.25. The SMILES string of the molecule is CCS(=O)(=O)c1cc(-c2ccc(Cl)cc2)cnc1C(=Nc1ccc(C(F)(F)F)cn1)NO. The molecule has 0 spiro atoms. The summed E-state index contributed by atoms with van der Waals surface area (Å²) in [4.78, 5) is 11.4. The Hall–Kier alpha value is -3.02. The number of rotatable bonds is 5. The first-order chi connectivity index (χ1) is 15.0. The van der Waals surface area contributed by atoms with Gasteiger partial charge in [0.15, 0.2) is 21.5 Å². The van der Waals surface area contributed by atoms with Gasteiger partial charge >= 0.3 is 6.18 Å². The largest absolute Gasteiger partial charge is 0.417 e. The molecule has 1 aromatic carbocycles. The summed E-state index contributed by atoms with van der Waals surface area (Å²) in [6.45, 7) is 1.44. The van der Waals surface area contributed by atoms with Crippen molar-refractivity contribution >= 4 is 33.1 Å². The second kappa shape index (κ2) is 9.23. The summed E-state index contributed by atoms with van der Waals surface area (Å²) >= 11 is 5.89. The van der Waals surface area contributed by atoms with Gasteiger partial charge < -0.3 is 0 Å². The fourth-order valence-electron chi connectivity index (χ4n) is 2.68. The Balaban J connectivity index is 2.11. The molecule has 0 amide bonds. The molecule has 0 fully saturated rings. The quantitative estimate of drug-likeness (QED) is 0.310. The number of amidine groups is 1. The van der Waals surface area contributed by atoms with Crippen LogP contribution in [0, 0.1) is 0 Å². The molecule has 2 aromatic heterocycles. The molecule has 0 saturated heterocycles. The Morgan fingerprint density at radius 1 is 1.09 bits per heavy atom. The number of sulfone groups is 1. The molecule has 0 atom stereocenters. The van der Waals surface area contributed by atoms with Crippen molar-refractivity contribution in [3.05, 3.63) is 71.1 Å². The van der Waals surface area contributed by atoms with Gasteiger partial charge in [0.1, 0.15) is 5.69 Å². The number of aliphatic imine (C=N–C) groups is 1. The van der Waals surface area contributed by atoms with E-state index in [1.165, 1.54) is 19.2 Å². The van der Waals surface area contributed by atoms with Crippen LogP contribution in [0.25, 0.3) is 11.1 Å². The third-order valence-electron chi connectivity index (χ3n) is 4.38. The average molecular weight is 485 g/mol. The number of hydrogen-bond donors (Lipinski definition) is 2. The second-order valence-corrected chi connectivity index (χ2v) is 9.14. The zero-order valence-corrected chi connectivity index (χ0v) is 18.0. The third kappa shape index (κ3) is 5.23. The van der Waals surface area contributed by atoms with Gasteiger partial charge in [-0.1, -0.05) is 30.7 Å². The lowest BCUT2D eigenvalue weighted by molar-refractivity contribution is -0.137. The highest BCUT2D eigenvalue weighted by Gasteiger charge is 2.30. The maximum Gasteiger partial charge on any atom is 0.417 e. The van der Waals surface area contributed by atoms with Crippen LogP contribution >= 0.6 is 11.6 Å². The molecule has 168 valence electrons. The molecule has 3 aromatic rings. The van der Waals surface area contributed by atoms with Crippen molar-refractivity contribution in [2.24, 2.45) is 4.99 Å². The highest BCUT2D eigenvalue weighted by atomic mass is 35.5. The van der Waals surface area contributed by atoms with Crippen LogP contribution in [0.5, 0.6) is 0 Å². The molecule has 12 heteroatoms. The molecule has 2 heterocycles. The summed E-state index contributed by atoms with van der Waals surface area (Å²) in [5.41, 5.74) is 1.70. The Bertz CT molecular complexity index is 1250. The zero-order valence-electron chi connectivity index (χ0n) is 16.4. The van der Waals surface area contributed by atoms with Gasteiger partial charge in [-0.2, -0.15) is 13.2 Å². The van der Waals surface area contributed by atoms with Crippen LogP contribution in [0.1, 0.15) is 18.2 Å². The summed E-state index contributed by atoms with van der Waals surface area (Å²) in [6, 6.07) is 9.77. The van der Waals surface area contributed by atoms with E-state index in [2.05, 4.69) is 15.0 Å². The molecular weight excluding hydrogens is 469 g/mol. The summed E-state index contributed by atoms with van der Waals surface area (Å²) in [6.07, 6.45) is -2.62. The van der Waals surface area contributed by atoms with E-state index in [-0.39, 0.29) is 22.2 Å². The lowest BCUT2D eigenvalue weighted by Gasteiger charge is -2.12. The zero-order chi connectivity index (χ0) is 23.5.